The van der Waals surface area contributed by atoms with Gasteiger partial charge in [-0.3, -0.25) is 4.21 Å². The van der Waals surface area contributed by atoms with E-state index >= 15 is 0 Å². The van der Waals surface area contributed by atoms with Crippen molar-refractivity contribution in [2.24, 2.45) is 5.92 Å². The molecule has 23 heavy (non-hydrogen) atoms. The molecule has 1 N–H and O–H groups in total. The van der Waals surface area contributed by atoms with Crippen LogP contribution in [-0.2, 0) is 22.4 Å². The van der Waals surface area contributed by atoms with Gasteiger partial charge in [0, 0.05) is 17.1 Å². The molecule has 0 spiro atoms. The Morgan fingerprint density at radius 1 is 1.43 bits per heavy atom. The number of hydrogen-bond donors (Lipinski definition) is 1. The van der Waals surface area contributed by atoms with Crippen molar-refractivity contribution in [3.63, 3.8) is 0 Å². The van der Waals surface area contributed by atoms with E-state index in [0.29, 0.717) is 12.2 Å². The molecular formula is C16H27N2O4S-. The van der Waals surface area contributed by atoms with E-state index in [9.17, 15) is 13.6 Å². The minimum absolute atomic E-state index is 0.143. The van der Waals surface area contributed by atoms with Gasteiger partial charge in [-0.2, -0.15) is 0 Å². The lowest BCUT2D eigenvalue weighted by Crippen LogP contribution is -2.26. The van der Waals surface area contributed by atoms with Crippen LogP contribution in [0.25, 0.3) is 0 Å². The number of hydrogen-bond acceptors (Lipinski definition) is 5. The molecule has 1 atom stereocenters. The second-order valence-electron chi connectivity index (χ2n) is 5.61. The van der Waals surface area contributed by atoms with E-state index in [2.05, 4.69) is 12.2 Å². The largest absolute Gasteiger partial charge is 0.768 e. The summed E-state index contributed by atoms with van der Waals surface area (Å²) in [6, 6.07) is 1.35. The van der Waals surface area contributed by atoms with Gasteiger partial charge in [0.1, 0.15) is 5.69 Å². The van der Waals surface area contributed by atoms with Gasteiger partial charge in [0.25, 0.3) is 0 Å². The maximum Gasteiger partial charge on any atom is 0.354 e. The van der Waals surface area contributed by atoms with Crippen LogP contribution in [0.5, 0.6) is 0 Å². The van der Waals surface area contributed by atoms with Crippen molar-refractivity contribution in [1.29, 1.82) is 0 Å². The van der Waals surface area contributed by atoms with E-state index in [1.54, 1.807) is 18.4 Å². The Kier molecular flexibility index (Phi) is 8.51. The van der Waals surface area contributed by atoms with Gasteiger partial charge in [-0.15, -0.1) is 0 Å². The standard InChI is InChI=1S/C10H15NO4S.C6H13N/c1-4-11-7(3)9(16(13)14)6-8(11)10(12)15-5-2;1-6-2-4-7-5-3-6/h6H,4-5H2,1-3H3,(H,13,14);6-7H,2-5H2,1H3/p-1. The second-order valence-corrected chi connectivity index (χ2v) is 6.52. The third-order valence-electron chi connectivity index (χ3n) is 3.93. The molecule has 1 aromatic rings. The van der Waals surface area contributed by atoms with Crippen LogP contribution in [0, 0.1) is 12.8 Å². The first-order valence-corrected chi connectivity index (χ1v) is 9.17. The van der Waals surface area contributed by atoms with Crippen LogP contribution in [0.1, 0.15) is 49.8 Å². The molecule has 1 aromatic heterocycles. The number of nitrogens with zero attached hydrogens (tertiary/aromatic N) is 1. The summed E-state index contributed by atoms with van der Waals surface area (Å²) < 4.78 is 28.3. The number of esters is 1. The summed E-state index contributed by atoms with van der Waals surface area (Å²) in [5, 5.41) is 3.32. The lowest BCUT2D eigenvalue weighted by atomic mass is 10.0. The molecule has 0 bridgehead atoms. The average Bonchev–Trinajstić information content (AvgIpc) is 2.86. The van der Waals surface area contributed by atoms with Crippen LogP contribution >= 0.6 is 0 Å². The van der Waals surface area contributed by atoms with E-state index in [0.717, 1.165) is 5.92 Å². The van der Waals surface area contributed by atoms with Crippen molar-refractivity contribution in [2.75, 3.05) is 19.7 Å². The van der Waals surface area contributed by atoms with Gasteiger partial charge in [0.15, 0.2) is 0 Å². The second kappa shape index (κ2) is 9.85. The van der Waals surface area contributed by atoms with E-state index in [4.69, 9.17) is 4.74 Å². The molecule has 0 saturated carbocycles. The average molecular weight is 343 g/mol. The molecule has 132 valence electrons. The molecule has 0 amide bonds. The molecule has 1 fully saturated rings. The Morgan fingerprint density at radius 3 is 2.43 bits per heavy atom. The van der Waals surface area contributed by atoms with Crippen molar-refractivity contribution in [2.45, 2.75) is 52.0 Å². The Labute approximate surface area is 140 Å². The highest BCUT2D eigenvalue weighted by Gasteiger charge is 2.17. The van der Waals surface area contributed by atoms with E-state index in [1.807, 2.05) is 6.92 Å². The fraction of sp³-hybridized carbons (Fsp3) is 0.688. The zero-order valence-corrected chi connectivity index (χ0v) is 15.2. The summed E-state index contributed by atoms with van der Waals surface area (Å²) in [6.45, 7) is 10.8. The first-order chi connectivity index (χ1) is 10.9. The molecule has 0 aromatic carbocycles. The molecule has 7 heteroatoms. The molecule has 2 heterocycles. The zero-order chi connectivity index (χ0) is 17.4. The minimum atomic E-state index is -2.33. The summed E-state index contributed by atoms with van der Waals surface area (Å²) in [7, 11) is 0. The summed E-state index contributed by atoms with van der Waals surface area (Å²) in [5.41, 5.74) is 0.833. The highest BCUT2D eigenvalue weighted by Crippen LogP contribution is 2.19. The lowest BCUT2D eigenvalue weighted by molar-refractivity contribution is 0.0513. The third-order valence-corrected chi connectivity index (χ3v) is 4.70. The lowest BCUT2D eigenvalue weighted by Gasteiger charge is -2.17. The summed E-state index contributed by atoms with van der Waals surface area (Å²) >= 11 is -2.33. The first-order valence-electron chi connectivity index (χ1n) is 8.09. The molecule has 0 radical (unpaired) electrons. The Balaban J connectivity index is 0.000000313. The molecule has 1 saturated heterocycles. The fourth-order valence-corrected chi connectivity index (χ4v) is 3.10. The molecule has 2 rings (SSSR count). The molecular weight excluding hydrogens is 316 g/mol. The predicted molar refractivity (Wildman–Crippen MR) is 89.3 cm³/mol. The molecule has 1 aliphatic heterocycles. The van der Waals surface area contributed by atoms with Crippen LogP contribution in [0.4, 0.5) is 0 Å². The molecule has 1 unspecified atom stereocenters. The van der Waals surface area contributed by atoms with Crippen LogP contribution in [0.2, 0.25) is 0 Å². The van der Waals surface area contributed by atoms with Crippen LogP contribution in [0.15, 0.2) is 11.0 Å². The molecule has 0 aliphatic carbocycles. The van der Waals surface area contributed by atoms with Crippen molar-refractivity contribution in [3.8, 4) is 0 Å². The van der Waals surface area contributed by atoms with E-state index in [-0.39, 0.29) is 17.2 Å². The van der Waals surface area contributed by atoms with Gasteiger partial charge in [0.2, 0.25) is 0 Å². The number of piperidine rings is 1. The highest BCUT2D eigenvalue weighted by molar-refractivity contribution is 7.79. The summed E-state index contributed by atoms with van der Waals surface area (Å²) in [6.07, 6.45) is 2.75. The van der Waals surface area contributed by atoms with E-state index < -0.39 is 17.0 Å². The number of nitrogens with one attached hydrogen (secondary N) is 1. The number of rotatable bonds is 4. The monoisotopic (exact) mass is 343 g/mol. The summed E-state index contributed by atoms with van der Waals surface area (Å²) in [5.74, 6) is 0.477. The molecule has 6 nitrogen and oxygen atoms in total. The Hall–Kier alpha value is -1.18. The fourth-order valence-electron chi connectivity index (χ4n) is 2.54. The zero-order valence-electron chi connectivity index (χ0n) is 14.4. The van der Waals surface area contributed by atoms with Crippen molar-refractivity contribution in [3.05, 3.63) is 17.5 Å². The minimum Gasteiger partial charge on any atom is -0.768 e. The number of carbonyl (C=O) groups is 1. The number of aromatic nitrogens is 1. The summed E-state index contributed by atoms with van der Waals surface area (Å²) in [4.78, 5) is 11.7. The van der Waals surface area contributed by atoms with Gasteiger partial charge in [0.05, 0.1) is 6.61 Å². The normalized spacial score (nSPS) is 16.4. The third kappa shape index (κ3) is 5.75. The highest BCUT2D eigenvalue weighted by atomic mass is 32.2. The smallest absolute Gasteiger partial charge is 0.354 e. The van der Waals surface area contributed by atoms with Gasteiger partial charge < -0.3 is 19.2 Å². The van der Waals surface area contributed by atoms with Gasteiger partial charge in [-0.1, -0.05) is 6.92 Å². The topological polar surface area (TPSA) is 83.4 Å². The quantitative estimate of drug-likeness (QED) is 0.669. The SMILES string of the molecule is CC1CCNCC1.CCOC(=O)c1cc(S(=O)[O-])c(C)n1CC. The van der Waals surface area contributed by atoms with Crippen molar-refractivity contribution in [1.82, 2.24) is 9.88 Å². The first kappa shape index (κ1) is 19.9. The number of carbonyl (C=O) groups excluding carboxylic acids is 1. The predicted octanol–water partition coefficient (Wildman–Crippen LogP) is 2.24. The van der Waals surface area contributed by atoms with Crippen LogP contribution in [-0.4, -0.2) is 39.0 Å². The van der Waals surface area contributed by atoms with Crippen LogP contribution in [0.3, 0.4) is 0 Å². The molecule has 1 aliphatic rings. The van der Waals surface area contributed by atoms with Crippen molar-refractivity contribution < 1.29 is 18.3 Å². The van der Waals surface area contributed by atoms with E-state index in [1.165, 1.54) is 32.0 Å². The van der Waals surface area contributed by atoms with Gasteiger partial charge in [-0.25, -0.2) is 4.79 Å². The van der Waals surface area contributed by atoms with Crippen molar-refractivity contribution >= 4 is 17.0 Å². The Morgan fingerprint density at radius 2 is 2.04 bits per heavy atom. The maximum absolute atomic E-state index is 11.6. The maximum atomic E-state index is 11.6. The van der Waals surface area contributed by atoms with Gasteiger partial charge in [-0.05, 0) is 69.8 Å². The van der Waals surface area contributed by atoms with Gasteiger partial charge >= 0.3 is 5.97 Å². The van der Waals surface area contributed by atoms with Crippen LogP contribution < -0.4 is 5.32 Å². The Bertz CT molecular complexity index is 536. The number of ether oxygens (including phenoxy) is 1.